The summed E-state index contributed by atoms with van der Waals surface area (Å²) in [5.74, 6) is 0. The Kier molecular flexibility index (Phi) is 7.34. The lowest BCUT2D eigenvalue weighted by Crippen LogP contribution is -2.18. The van der Waals surface area contributed by atoms with Crippen LogP contribution < -0.4 is 0 Å². The minimum Gasteiger partial charge on any atom is -0.0579 e. The maximum atomic E-state index is 2.51. The Labute approximate surface area is 331 Å². The van der Waals surface area contributed by atoms with E-state index in [1.807, 2.05) is 0 Å². The standard InChI is InChI=1S/C55H58/c1-31-23-43-39-21-17-35(51(3,4)5)27-47(39)54(11,12)49(43)29-41(31)33-15-19-37-38-20-16-34(26-46(38)53(9,10)45(37)25-33)42-30-50-44(24-32(42)2)40-22-18-36(52(6,7)8)28-48(40)55(50,13)14/h15-30H,1-14H3. The Morgan fingerprint density at radius 1 is 0.309 bits per heavy atom. The van der Waals surface area contributed by atoms with Crippen molar-refractivity contribution in [2.75, 3.05) is 0 Å². The van der Waals surface area contributed by atoms with Gasteiger partial charge in [0, 0.05) is 16.2 Å². The van der Waals surface area contributed by atoms with Crippen LogP contribution in [0.2, 0.25) is 0 Å². The Balaban J connectivity index is 1.09. The van der Waals surface area contributed by atoms with Crippen molar-refractivity contribution in [2.24, 2.45) is 0 Å². The first-order valence-corrected chi connectivity index (χ1v) is 20.5. The van der Waals surface area contributed by atoms with Gasteiger partial charge < -0.3 is 0 Å². The van der Waals surface area contributed by atoms with Gasteiger partial charge in [-0.05, 0) is 160 Å². The molecule has 0 unspecified atom stereocenters. The van der Waals surface area contributed by atoms with Gasteiger partial charge in [-0.15, -0.1) is 0 Å². The smallest absolute Gasteiger partial charge is 0.0159 e. The van der Waals surface area contributed by atoms with Gasteiger partial charge in [0.15, 0.2) is 0 Å². The SMILES string of the molecule is Cc1cc2c(cc1-c1ccc3c(c1)C(C)(C)c1cc(-c4cc5c(cc4C)-c4ccc(C(C)(C)C)cc4C5(C)C)ccc1-3)C(C)(C)c1cc(C(C)(C)C)ccc1-2. The second kappa shape index (κ2) is 11.2. The zero-order valence-electron chi connectivity index (χ0n) is 35.7. The van der Waals surface area contributed by atoms with Crippen molar-refractivity contribution in [1.29, 1.82) is 0 Å². The van der Waals surface area contributed by atoms with E-state index < -0.39 is 0 Å². The van der Waals surface area contributed by atoms with Crippen LogP contribution in [0, 0.1) is 13.8 Å². The van der Waals surface area contributed by atoms with Gasteiger partial charge >= 0.3 is 0 Å². The Morgan fingerprint density at radius 2 is 0.600 bits per heavy atom. The molecule has 0 heteroatoms. The van der Waals surface area contributed by atoms with E-state index in [9.17, 15) is 0 Å². The van der Waals surface area contributed by atoms with E-state index in [1.54, 1.807) is 0 Å². The van der Waals surface area contributed by atoms with Crippen molar-refractivity contribution in [3.8, 4) is 55.6 Å². The molecule has 3 aliphatic rings. The lowest BCUT2D eigenvalue weighted by molar-refractivity contribution is 0.584. The molecule has 0 N–H and O–H groups in total. The van der Waals surface area contributed by atoms with E-state index in [0.29, 0.717) is 0 Å². The molecule has 0 aliphatic heterocycles. The molecule has 3 aliphatic carbocycles. The molecule has 55 heavy (non-hydrogen) atoms. The van der Waals surface area contributed by atoms with Crippen LogP contribution in [0.15, 0.2) is 97.1 Å². The molecule has 6 aromatic carbocycles. The fraction of sp³-hybridized carbons (Fsp3) is 0.345. The Bertz CT molecular complexity index is 2450. The highest BCUT2D eigenvalue weighted by Crippen LogP contribution is 2.55. The van der Waals surface area contributed by atoms with Gasteiger partial charge in [0.05, 0.1) is 0 Å². The molecular weight excluding hydrogens is 661 g/mol. The predicted molar refractivity (Wildman–Crippen MR) is 237 cm³/mol. The lowest BCUT2D eigenvalue weighted by Gasteiger charge is -2.26. The van der Waals surface area contributed by atoms with Crippen LogP contribution in [0.4, 0.5) is 0 Å². The largest absolute Gasteiger partial charge is 0.0579 e. The minimum absolute atomic E-state index is 0.0555. The summed E-state index contributed by atoms with van der Waals surface area (Å²) in [5.41, 5.74) is 27.8. The normalized spacial score (nSPS) is 16.6. The highest BCUT2D eigenvalue weighted by molar-refractivity contribution is 5.90. The molecule has 0 radical (unpaired) electrons. The van der Waals surface area contributed by atoms with E-state index >= 15 is 0 Å². The number of aryl methyl sites for hydroxylation is 2. The van der Waals surface area contributed by atoms with E-state index in [4.69, 9.17) is 0 Å². The van der Waals surface area contributed by atoms with Crippen molar-refractivity contribution >= 4 is 0 Å². The van der Waals surface area contributed by atoms with E-state index in [0.717, 1.165) is 0 Å². The third-order valence-electron chi connectivity index (χ3n) is 14.1. The lowest BCUT2D eigenvalue weighted by atomic mass is 9.77. The summed E-state index contributed by atoms with van der Waals surface area (Å²) in [6.45, 7) is 33.0. The van der Waals surface area contributed by atoms with Crippen molar-refractivity contribution in [2.45, 2.75) is 124 Å². The molecule has 0 amide bonds. The van der Waals surface area contributed by atoms with Gasteiger partial charge in [-0.2, -0.15) is 0 Å². The molecule has 0 atom stereocenters. The molecule has 0 nitrogen and oxygen atoms in total. The summed E-state index contributed by atoms with van der Waals surface area (Å²) in [6.07, 6.45) is 0. The molecule has 0 bridgehead atoms. The monoisotopic (exact) mass is 718 g/mol. The first-order valence-electron chi connectivity index (χ1n) is 20.5. The molecular formula is C55H58. The summed E-state index contributed by atoms with van der Waals surface area (Å²) in [7, 11) is 0. The molecule has 0 heterocycles. The van der Waals surface area contributed by atoms with Gasteiger partial charge in [0.1, 0.15) is 0 Å². The third-order valence-corrected chi connectivity index (χ3v) is 14.1. The molecule has 0 saturated carbocycles. The van der Waals surface area contributed by atoms with E-state index in [1.165, 1.54) is 111 Å². The molecule has 0 aromatic heterocycles. The zero-order valence-corrected chi connectivity index (χ0v) is 35.7. The average Bonchev–Trinajstić information content (AvgIpc) is 3.57. The van der Waals surface area contributed by atoms with Crippen LogP contribution in [0.25, 0.3) is 55.6 Å². The van der Waals surface area contributed by atoms with Crippen molar-refractivity contribution < 1.29 is 0 Å². The summed E-state index contributed by atoms with van der Waals surface area (Å²) in [5, 5.41) is 0. The number of fused-ring (bicyclic) bond motifs is 9. The van der Waals surface area contributed by atoms with Crippen LogP contribution >= 0.6 is 0 Å². The number of hydrogen-bond acceptors (Lipinski definition) is 0. The third kappa shape index (κ3) is 5.09. The van der Waals surface area contributed by atoms with Crippen LogP contribution in [0.3, 0.4) is 0 Å². The van der Waals surface area contributed by atoms with Crippen LogP contribution in [-0.4, -0.2) is 0 Å². The summed E-state index contributed by atoms with van der Waals surface area (Å²) >= 11 is 0. The summed E-state index contributed by atoms with van der Waals surface area (Å²) in [6, 6.07) is 38.8. The van der Waals surface area contributed by atoms with Gasteiger partial charge in [0.2, 0.25) is 0 Å². The first-order chi connectivity index (χ1) is 25.6. The van der Waals surface area contributed by atoms with Gasteiger partial charge in [0.25, 0.3) is 0 Å². The van der Waals surface area contributed by atoms with E-state index in [2.05, 4.69) is 194 Å². The second-order valence-corrected chi connectivity index (χ2v) is 20.8. The first kappa shape index (κ1) is 36.0. The molecule has 0 spiro atoms. The second-order valence-electron chi connectivity index (χ2n) is 20.8. The fourth-order valence-corrected chi connectivity index (χ4v) is 10.4. The zero-order chi connectivity index (χ0) is 39.4. The fourth-order valence-electron chi connectivity index (χ4n) is 10.4. The molecule has 6 aromatic rings. The summed E-state index contributed by atoms with van der Waals surface area (Å²) in [4.78, 5) is 0. The van der Waals surface area contributed by atoms with Gasteiger partial charge in [-0.1, -0.05) is 156 Å². The van der Waals surface area contributed by atoms with Gasteiger partial charge in [-0.3, -0.25) is 0 Å². The van der Waals surface area contributed by atoms with Crippen LogP contribution in [-0.2, 0) is 27.1 Å². The predicted octanol–water partition coefficient (Wildman–Crippen LogP) is 15.2. The van der Waals surface area contributed by atoms with Crippen molar-refractivity contribution in [3.05, 3.63) is 153 Å². The van der Waals surface area contributed by atoms with Crippen molar-refractivity contribution in [3.63, 3.8) is 0 Å². The number of hydrogen-bond donors (Lipinski definition) is 0. The topological polar surface area (TPSA) is 0 Å². The minimum atomic E-state index is -0.121. The molecule has 9 rings (SSSR count). The van der Waals surface area contributed by atoms with E-state index in [-0.39, 0.29) is 27.1 Å². The highest BCUT2D eigenvalue weighted by Gasteiger charge is 2.40. The molecule has 278 valence electrons. The van der Waals surface area contributed by atoms with Crippen LogP contribution in [0.1, 0.15) is 139 Å². The number of benzene rings is 6. The molecule has 0 fully saturated rings. The van der Waals surface area contributed by atoms with Crippen LogP contribution in [0.5, 0.6) is 0 Å². The quantitative estimate of drug-likeness (QED) is 0.167. The Hall–Kier alpha value is -4.68. The average molecular weight is 719 g/mol. The number of rotatable bonds is 2. The maximum absolute atomic E-state index is 2.51. The Morgan fingerprint density at radius 3 is 0.945 bits per heavy atom. The molecule has 0 saturated heterocycles. The highest BCUT2D eigenvalue weighted by atomic mass is 14.4. The van der Waals surface area contributed by atoms with Gasteiger partial charge in [-0.25, -0.2) is 0 Å². The van der Waals surface area contributed by atoms with Crippen molar-refractivity contribution in [1.82, 2.24) is 0 Å². The maximum Gasteiger partial charge on any atom is 0.0159 e. The summed E-state index contributed by atoms with van der Waals surface area (Å²) < 4.78 is 0.